The Labute approximate surface area is 250 Å². The molecule has 0 aliphatic rings. The third-order valence-electron chi connectivity index (χ3n) is 8.37. The van der Waals surface area contributed by atoms with E-state index in [1.54, 1.807) is 0 Å². The van der Waals surface area contributed by atoms with Gasteiger partial charge in [-0.3, -0.25) is 0 Å². The first-order chi connectivity index (χ1) is 20.3. The molecule has 2 heterocycles. The van der Waals surface area contributed by atoms with Crippen LogP contribution in [0.3, 0.4) is 0 Å². The zero-order valence-electron chi connectivity index (χ0n) is 25.4. The van der Waals surface area contributed by atoms with Gasteiger partial charge in [-0.2, -0.15) is 4.57 Å². The van der Waals surface area contributed by atoms with Crippen LogP contribution in [0.2, 0.25) is 0 Å². The molecular formula is C40H38N2+2. The average Bonchev–Trinajstić information content (AvgIpc) is 3.00. The van der Waals surface area contributed by atoms with Gasteiger partial charge < -0.3 is 0 Å². The van der Waals surface area contributed by atoms with E-state index in [1.165, 1.54) is 72.6 Å². The van der Waals surface area contributed by atoms with E-state index in [2.05, 4.69) is 172 Å². The molecule has 0 radical (unpaired) electrons. The Balaban J connectivity index is 1.58. The normalized spacial score (nSPS) is 11.1. The number of hydrogen-bond donors (Lipinski definition) is 0. The first-order valence-electron chi connectivity index (χ1n) is 14.7. The van der Waals surface area contributed by atoms with Crippen molar-refractivity contribution in [1.29, 1.82) is 0 Å². The van der Waals surface area contributed by atoms with Crippen LogP contribution >= 0.6 is 0 Å². The second-order valence-electron chi connectivity index (χ2n) is 11.6. The third-order valence-corrected chi connectivity index (χ3v) is 8.37. The lowest BCUT2D eigenvalue weighted by Gasteiger charge is -2.14. The molecule has 0 amide bonds. The predicted molar refractivity (Wildman–Crippen MR) is 175 cm³/mol. The maximum Gasteiger partial charge on any atom is 0.225 e. The van der Waals surface area contributed by atoms with Crippen LogP contribution < -0.4 is 9.13 Å². The Kier molecular flexibility index (Phi) is 7.31. The Morgan fingerprint density at radius 1 is 0.429 bits per heavy atom. The summed E-state index contributed by atoms with van der Waals surface area (Å²) in [5.41, 5.74) is 17.3. The van der Waals surface area contributed by atoms with Gasteiger partial charge in [0.2, 0.25) is 17.1 Å². The lowest BCUT2D eigenvalue weighted by Crippen LogP contribution is -2.36. The number of pyridine rings is 2. The molecule has 0 unspecified atom stereocenters. The zero-order valence-corrected chi connectivity index (χ0v) is 25.4. The van der Waals surface area contributed by atoms with E-state index < -0.39 is 0 Å². The Bertz CT molecular complexity index is 1950. The summed E-state index contributed by atoms with van der Waals surface area (Å²) in [4.78, 5) is 0. The highest BCUT2D eigenvalue weighted by molar-refractivity contribution is 5.78. The summed E-state index contributed by atoms with van der Waals surface area (Å²) in [6.07, 6.45) is 4.32. The zero-order chi connectivity index (χ0) is 29.4. The van der Waals surface area contributed by atoms with Gasteiger partial charge in [0.1, 0.15) is 12.6 Å². The van der Waals surface area contributed by atoms with Crippen LogP contribution in [0.1, 0.15) is 27.8 Å². The van der Waals surface area contributed by atoms with Gasteiger partial charge in [0, 0.05) is 30.3 Å². The van der Waals surface area contributed by atoms with E-state index in [4.69, 9.17) is 0 Å². The minimum Gasteiger partial charge on any atom is -0.201 e. The maximum absolute atomic E-state index is 2.36. The molecular weight excluding hydrogens is 508 g/mol. The Hall–Kier alpha value is -4.82. The van der Waals surface area contributed by atoms with E-state index >= 15 is 0 Å². The van der Waals surface area contributed by atoms with Crippen molar-refractivity contribution in [3.05, 3.63) is 149 Å². The molecule has 2 heteroatoms. The molecule has 6 rings (SSSR count). The van der Waals surface area contributed by atoms with E-state index in [0.29, 0.717) is 0 Å². The third kappa shape index (κ3) is 5.17. The molecule has 42 heavy (non-hydrogen) atoms. The van der Waals surface area contributed by atoms with Crippen LogP contribution in [-0.2, 0) is 7.05 Å². The van der Waals surface area contributed by atoms with Crippen LogP contribution in [0.25, 0.3) is 50.5 Å². The van der Waals surface area contributed by atoms with Gasteiger partial charge >= 0.3 is 0 Å². The van der Waals surface area contributed by atoms with E-state index in [0.717, 1.165) is 5.69 Å². The van der Waals surface area contributed by atoms with Gasteiger partial charge in [-0.15, -0.1) is 0 Å². The van der Waals surface area contributed by atoms with Crippen molar-refractivity contribution in [3.8, 4) is 50.5 Å². The first-order valence-corrected chi connectivity index (χ1v) is 14.7. The van der Waals surface area contributed by atoms with E-state index in [-0.39, 0.29) is 0 Å². The van der Waals surface area contributed by atoms with Gasteiger partial charge in [-0.1, -0.05) is 59.7 Å². The number of aryl methyl sites for hydroxylation is 6. The molecule has 0 spiro atoms. The highest BCUT2D eigenvalue weighted by Gasteiger charge is 2.25. The summed E-state index contributed by atoms with van der Waals surface area (Å²) in [5.74, 6) is 0. The van der Waals surface area contributed by atoms with Crippen molar-refractivity contribution < 1.29 is 9.13 Å². The Morgan fingerprint density at radius 3 is 1.60 bits per heavy atom. The van der Waals surface area contributed by atoms with Crippen LogP contribution in [0.4, 0.5) is 0 Å². The van der Waals surface area contributed by atoms with Gasteiger partial charge in [0.25, 0.3) is 0 Å². The number of rotatable bonds is 5. The van der Waals surface area contributed by atoms with Crippen molar-refractivity contribution in [2.75, 3.05) is 0 Å². The van der Waals surface area contributed by atoms with Gasteiger partial charge in [-0.25, -0.2) is 4.57 Å². The molecule has 0 saturated carbocycles. The molecule has 0 N–H and O–H groups in total. The van der Waals surface area contributed by atoms with Crippen molar-refractivity contribution in [3.63, 3.8) is 0 Å². The lowest BCUT2D eigenvalue weighted by atomic mass is 9.93. The standard InChI is InChI=1S/C40H38N2/c1-27-13-15-29(3)34(23-27)32-18-17-31(5)36(25-32)39-12-8-10-22-42(39)40-20-19-33(35-24-28(2)14-16-30(35)4)26-37(40)38-11-7-9-21-41(38)6/h7-26H,1-6H3/q+2. The second-order valence-corrected chi connectivity index (χ2v) is 11.6. The van der Waals surface area contributed by atoms with Crippen LogP contribution in [0.5, 0.6) is 0 Å². The molecule has 6 aromatic rings. The van der Waals surface area contributed by atoms with Gasteiger partial charge in [0.05, 0.1) is 5.56 Å². The number of hydrogen-bond acceptors (Lipinski definition) is 0. The largest absolute Gasteiger partial charge is 0.225 e. The fraction of sp³-hybridized carbons (Fsp3) is 0.150. The highest BCUT2D eigenvalue weighted by atomic mass is 15.0. The predicted octanol–water partition coefficient (Wildman–Crippen LogP) is 9.00. The first kappa shape index (κ1) is 27.4. The summed E-state index contributed by atoms with van der Waals surface area (Å²) in [6.45, 7) is 10.9. The van der Waals surface area contributed by atoms with Crippen LogP contribution in [-0.4, -0.2) is 0 Å². The molecule has 0 fully saturated rings. The molecule has 4 aromatic carbocycles. The Morgan fingerprint density at radius 2 is 0.952 bits per heavy atom. The van der Waals surface area contributed by atoms with Crippen molar-refractivity contribution in [2.45, 2.75) is 34.6 Å². The van der Waals surface area contributed by atoms with Crippen molar-refractivity contribution in [2.24, 2.45) is 7.05 Å². The number of aromatic nitrogens is 2. The molecule has 0 aliphatic carbocycles. The van der Waals surface area contributed by atoms with Crippen LogP contribution in [0.15, 0.2) is 122 Å². The topological polar surface area (TPSA) is 7.76 Å². The minimum atomic E-state index is 1.15. The molecule has 0 atom stereocenters. The molecule has 0 bridgehead atoms. The van der Waals surface area contributed by atoms with E-state index in [1.807, 2.05) is 0 Å². The smallest absolute Gasteiger partial charge is 0.201 e. The van der Waals surface area contributed by atoms with E-state index in [9.17, 15) is 0 Å². The number of benzene rings is 4. The fourth-order valence-corrected chi connectivity index (χ4v) is 5.95. The van der Waals surface area contributed by atoms with Crippen LogP contribution in [0, 0.1) is 34.6 Å². The van der Waals surface area contributed by atoms with Crippen molar-refractivity contribution >= 4 is 0 Å². The minimum absolute atomic E-state index is 1.15. The monoisotopic (exact) mass is 546 g/mol. The fourth-order valence-electron chi connectivity index (χ4n) is 5.95. The molecule has 0 saturated heterocycles. The average molecular weight is 547 g/mol. The summed E-state index contributed by atoms with van der Waals surface area (Å²) in [6, 6.07) is 40.1. The molecule has 2 nitrogen and oxygen atoms in total. The quantitative estimate of drug-likeness (QED) is 0.191. The molecule has 2 aromatic heterocycles. The molecule has 206 valence electrons. The maximum atomic E-state index is 2.36. The summed E-state index contributed by atoms with van der Waals surface area (Å²) >= 11 is 0. The summed E-state index contributed by atoms with van der Waals surface area (Å²) in [5, 5.41) is 0. The number of nitrogens with zero attached hydrogens (tertiary/aromatic N) is 2. The lowest BCUT2D eigenvalue weighted by molar-refractivity contribution is -0.661. The highest BCUT2D eigenvalue weighted by Crippen LogP contribution is 2.34. The van der Waals surface area contributed by atoms with Gasteiger partial charge in [0.15, 0.2) is 12.4 Å². The summed E-state index contributed by atoms with van der Waals surface area (Å²) in [7, 11) is 2.12. The second kappa shape index (κ2) is 11.2. The SMILES string of the molecule is Cc1ccc(C)c(-c2ccc(C)c(-c3cccc[n+]3-c3ccc(-c4cc(C)ccc4C)cc3-c3cccc[n+]3C)c2)c1. The van der Waals surface area contributed by atoms with Crippen molar-refractivity contribution in [1.82, 2.24) is 0 Å². The summed E-state index contributed by atoms with van der Waals surface area (Å²) < 4.78 is 4.56. The molecule has 0 aliphatic heterocycles. The van der Waals surface area contributed by atoms with Gasteiger partial charge in [-0.05, 0) is 104 Å².